The fourth-order valence-electron chi connectivity index (χ4n) is 3.35. The lowest BCUT2D eigenvalue weighted by Crippen LogP contribution is -2.41. The molecule has 2 atom stereocenters. The van der Waals surface area contributed by atoms with Crippen molar-refractivity contribution in [2.75, 3.05) is 7.11 Å². The molecule has 0 bridgehead atoms. The van der Waals surface area contributed by atoms with Crippen molar-refractivity contribution in [1.82, 2.24) is 5.32 Å². The van der Waals surface area contributed by atoms with Crippen LogP contribution in [0.3, 0.4) is 0 Å². The molecular weight excluding hydrogens is 234 g/mol. The number of methoxy groups -OCH3 is 1. The minimum Gasteiger partial charge on any atom is -0.497 e. The number of ether oxygens (including phenoxy) is 1. The molecular formula is C17H25NO. The fourth-order valence-corrected chi connectivity index (χ4v) is 3.35. The zero-order chi connectivity index (χ0) is 13.2. The summed E-state index contributed by atoms with van der Waals surface area (Å²) in [5.41, 5.74) is 1.47. The van der Waals surface area contributed by atoms with Gasteiger partial charge in [0.25, 0.3) is 0 Å². The molecule has 3 rings (SSSR count). The van der Waals surface area contributed by atoms with Gasteiger partial charge in [-0.1, -0.05) is 25.5 Å². The van der Waals surface area contributed by atoms with Gasteiger partial charge in [0, 0.05) is 12.1 Å². The minimum absolute atomic E-state index is 0.756. The van der Waals surface area contributed by atoms with Gasteiger partial charge in [0.15, 0.2) is 0 Å². The van der Waals surface area contributed by atoms with Gasteiger partial charge in [-0.05, 0) is 55.2 Å². The van der Waals surface area contributed by atoms with Gasteiger partial charge in [-0.3, -0.25) is 0 Å². The summed E-state index contributed by atoms with van der Waals surface area (Å²) in [5.74, 6) is 2.69. The Kier molecular flexibility index (Phi) is 3.79. The van der Waals surface area contributed by atoms with Crippen LogP contribution in [0.25, 0.3) is 0 Å². The van der Waals surface area contributed by atoms with Crippen LogP contribution in [-0.4, -0.2) is 19.2 Å². The van der Waals surface area contributed by atoms with Gasteiger partial charge in [0.05, 0.1) is 7.11 Å². The number of nitrogens with one attached hydrogen (secondary N) is 1. The molecule has 0 spiro atoms. The molecule has 1 N–H and O–H groups in total. The highest BCUT2D eigenvalue weighted by Gasteiger charge is 2.40. The first-order valence-electron chi connectivity index (χ1n) is 7.70. The van der Waals surface area contributed by atoms with Crippen molar-refractivity contribution in [3.8, 4) is 5.75 Å². The monoisotopic (exact) mass is 259 g/mol. The van der Waals surface area contributed by atoms with Crippen LogP contribution in [0.1, 0.15) is 50.5 Å². The lowest BCUT2D eigenvalue weighted by Gasteiger charge is -2.36. The molecule has 2 unspecified atom stereocenters. The summed E-state index contributed by atoms with van der Waals surface area (Å²) < 4.78 is 5.20. The maximum atomic E-state index is 5.20. The van der Waals surface area contributed by atoms with E-state index in [0.29, 0.717) is 0 Å². The smallest absolute Gasteiger partial charge is 0.118 e. The highest BCUT2D eigenvalue weighted by molar-refractivity contribution is 5.31. The van der Waals surface area contributed by atoms with Gasteiger partial charge >= 0.3 is 0 Å². The molecule has 0 radical (unpaired) electrons. The molecule has 2 saturated carbocycles. The van der Waals surface area contributed by atoms with Crippen molar-refractivity contribution in [3.05, 3.63) is 29.8 Å². The standard InChI is InChI=1S/C17H25NO/c1-3-4-13-11-17(13)18-15-9-14(10-15)12-5-7-16(19-2)8-6-12/h5-8,13-15,17-18H,3-4,9-11H2,1-2H3. The van der Waals surface area contributed by atoms with Gasteiger partial charge in [0.1, 0.15) is 5.75 Å². The Morgan fingerprint density at radius 3 is 2.53 bits per heavy atom. The highest BCUT2D eigenvalue weighted by atomic mass is 16.5. The average molecular weight is 259 g/mol. The molecule has 2 fully saturated rings. The van der Waals surface area contributed by atoms with E-state index in [1.54, 1.807) is 7.11 Å². The third kappa shape index (κ3) is 2.94. The van der Waals surface area contributed by atoms with E-state index in [0.717, 1.165) is 29.7 Å². The Balaban J connectivity index is 1.42. The van der Waals surface area contributed by atoms with Crippen molar-refractivity contribution in [2.45, 2.75) is 57.0 Å². The summed E-state index contributed by atoms with van der Waals surface area (Å²) >= 11 is 0. The fraction of sp³-hybridized carbons (Fsp3) is 0.647. The van der Waals surface area contributed by atoms with E-state index >= 15 is 0 Å². The van der Waals surface area contributed by atoms with Crippen molar-refractivity contribution in [3.63, 3.8) is 0 Å². The normalized spacial score (nSPS) is 32.7. The maximum absolute atomic E-state index is 5.20. The van der Waals surface area contributed by atoms with E-state index in [1.807, 2.05) is 0 Å². The SMILES string of the molecule is CCCC1CC1NC1CC(c2ccc(OC)cc2)C1. The van der Waals surface area contributed by atoms with Crippen LogP contribution in [0.15, 0.2) is 24.3 Å². The molecule has 0 heterocycles. The molecule has 2 aliphatic rings. The van der Waals surface area contributed by atoms with Gasteiger partial charge < -0.3 is 10.1 Å². The first kappa shape index (κ1) is 13.0. The minimum atomic E-state index is 0.756. The lowest BCUT2D eigenvalue weighted by molar-refractivity contribution is 0.284. The molecule has 0 aliphatic heterocycles. The molecule has 0 saturated heterocycles. The van der Waals surface area contributed by atoms with Crippen molar-refractivity contribution in [1.29, 1.82) is 0 Å². The van der Waals surface area contributed by atoms with Crippen LogP contribution in [0.5, 0.6) is 5.75 Å². The van der Waals surface area contributed by atoms with Crippen LogP contribution in [0.2, 0.25) is 0 Å². The first-order chi connectivity index (χ1) is 9.30. The number of hydrogen-bond donors (Lipinski definition) is 1. The number of rotatable bonds is 6. The molecule has 1 aromatic carbocycles. The summed E-state index contributed by atoms with van der Waals surface area (Å²) in [6.07, 6.45) is 6.77. The second kappa shape index (κ2) is 5.54. The van der Waals surface area contributed by atoms with E-state index in [-0.39, 0.29) is 0 Å². The van der Waals surface area contributed by atoms with Crippen molar-refractivity contribution >= 4 is 0 Å². The summed E-state index contributed by atoms with van der Waals surface area (Å²) in [5, 5.41) is 3.82. The highest BCUT2D eigenvalue weighted by Crippen LogP contribution is 2.41. The Hall–Kier alpha value is -1.02. The zero-order valence-corrected chi connectivity index (χ0v) is 12.1. The van der Waals surface area contributed by atoms with E-state index in [9.17, 15) is 0 Å². The van der Waals surface area contributed by atoms with Crippen LogP contribution < -0.4 is 10.1 Å². The summed E-state index contributed by atoms with van der Waals surface area (Å²) in [6.45, 7) is 2.29. The molecule has 0 amide bonds. The van der Waals surface area contributed by atoms with Gasteiger partial charge in [-0.2, -0.15) is 0 Å². The predicted molar refractivity (Wildman–Crippen MR) is 78.7 cm³/mol. The molecule has 1 aromatic rings. The van der Waals surface area contributed by atoms with E-state index in [2.05, 4.69) is 36.5 Å². The Morgan fingerprint density at radius 2 is 1.89 bits per heavy atom. The van der Waals surface area contributed by atoms with Gasteiger partial charge in [-0.15, -0.1) is 0 Å². The van der Waals surface area contributed by atoms with E-state index in [1.165, 1.54) is 37.7 Å². The van der Waals surface area contributed by atoms with Crippen LogP contribution in [0, 0.1) is 5.92 Å². The molecule has 2 heteroatoms. The molecule has 2 aliphatic carbocycles. The van der Waals surface area contributed by atoms with E-state index < -0.39 is 0 Å². The number of benzene rings is 1. The maximum Gasteiger partial charge on any atom is 0.118 e. The zero-order valence-electron chi connectivity index (χ0n) is 12.1. The predicted octanol–water partition coefficient (Wildman–Crippen LogP) is 3.72. The van der Waals surface area contributed by atoms with Crippen LogP contribution >= 0.6 is 0 Å². The third-order valence-electron chi connectivity index (χ3n) is 4.76. The summed E-state index contributed by atoms with van der Waals surface area (Å²) in [7, 11) is 1.72. The molecule has 0 aromatic heterocycles. The van der Waals surface area contributed by atoms with Gasteiger partial charge in [0.2, 0.25) is 0 Å². The second-order valence-corrected chi connectivity index (χ2v) is 6.20. The van der Waals surface area contributed by atoms with Crippen LogP contribution in [0.4, 0.5) is 0 Å². The largest absolute Gasteiger partial charge is 0.497 e. The Bertz CT molecular complexity index is 408. The number of hydrogen-bond acceptors (Lipinski definition) is 2. The summed E-state index contributed by atoms with van der Waals surface area (Å²) in [6, 6.07) is 10.2. The second-order valence-electron chi connectivity index (χ2n) is 6.20. The van der Waals surface area contributed by atoms with Gasteiger partial charge in [-0.25, -0.2) is 0 Å². The summed E-state index contributed by atoms with van der Waals surface area (Å²) in [4.78, 5) is 0. The van der Waals surface area contributed by atoms with Crippen molar-refractivity contribution in [2.24, 2.45) is 5.92 Å². The third-order valence-corrected chi connectivity index (χ3v) is 4.76. The van der Waals surface area contributed by atoms with E-state index in [4.69, 9.17) is 4.74 Å². The average Bonchev–Trinajstić information content (AvgIpc) is 3.12. The first-order valence-corrected chi connectivity index (χ1v) is 7.70. The Morgan fingerprint density at radius 1 is 1.16 bits per heavy atom. The quantitative estimate of drug-likeness (QED) is 0.840. The lowest BCUT2D eigenvalue weighted by atomic mass is 9.76. The molecule has 19 heavy (non-hydrogen) atoms. The Labute approximate surface area is 116 Å². The van der Waals surface area contributed by atoms with Crippen LogP contribution in [-0.2, 0) is 0 Å². The topological polar surface area (TPSA) is 21.3 Å². The van der Waals surface area contributed by atoms with Crippen molar-refractivity contribution < 1.29 is 4.74 Å². The molecule has 104 valence electrons. The molecule has 2 nitrogen and oxygen atoms in total.